The van der Waals surface area contributed by atoms with Crippen LogP contribution in [0.15, 0.2) is 66.1 Å². The number of fused-ring (bicyclic) bond motifs is 1. The average Bonchev–Trinajstić information content (AvgIpc) is 3.14. The predicted octanol–water partition coefficient (Wildman–Crippen LogP) is 4.77. The lowest BCUT2D eigenvalue weighted by molar-refractivity contribution is 0.412. The zero-order chi connectivity index (χ0) is 17.9. The molecule has 0 amide bonds. The van der Waals surface area contributed by atoms with Gasteiger partial charge in [-0.1, -0.05) is 53.7 Å². The molecule has 2 aromatic heterocycles. The first-order valence-corrected chi connectivity index (χ1v) is 9.33. The summed E-state index contributed by atoms with van der Waals surface area (Å²) in [4.78, 5) is 4.47. The minimum absolute atomic E-state index is 0.513. The van der Waals surface area contributed by atoms with E-state index in [4.69, 9.17) is 16.3 Å². The quantitative estimate of drug-likeness (QED) is 0.367. The third-order valence-electron chi connectivity index (χ3n) is 3.97. The van der Waals surface area contributed by atoms with Crippen LogP contribution >= 0.6 is 23.4 Å². The van der Waals surface area contributed by atoms with Crippen LogP contribution in [-0.4, -0.2) is 26.9 Å². The van der Waals surface area contributed by atoms with Crippen molar-refractivity contribution in [1.82, 2.24) is 19.7 Å². The highest BCUT2D eigenvalue weighted by atomic mass is 35.5. The molecule has 0 bridgehead atoms. The first kappa shape index (κ1) is 16.9. The Morgan fingerprint density at radius 2 is 1.92 bits per heavy atom. The number of hydrogen-bond acceptors (Lipinski definition) is 5. The predicted molar refractivity (Wildman–Crippen MR) is 104 cm³/mol. The van der Waals surface area contributed by atoms with Crippen molar-refractivity contribution in [3.63, 3.8) is 0 Å². The van der Waals surface area contributed by atoms with E-state index in [1.54, 1.807) is 25.2 Å². The number of hydrogen-bond donors (Lipinski definition) is 0. The summed E-state index contributed by atoms with van der Waals surface area (Å²) in [6, 6.07) is 17.8. The normalized spacial score (nSPS) is 11.0. The molecular formula is C19H15ClN4OS. The average molecular weight is 383 g/mol. The molecule has 0 radical (unpaired) electrons. The number of halogens is 1. The molecule has 2 heterocycles. The number of methoxy groups -OCH3 is 1. The fourth-order valence-corrected chi connectivity index (χ4v) is 3.88. The second-order valence-corrected chi connectivity index (χ2v) is 6.88. The summed E-state index contributed by atoms with van der Waals surface area (Å²) in [7, 11) is 1.65. The van der Waals surface area contributed by atoms with Crippen molar-refractivity contribution in [2.45, 2.75) is 10.9 Å². The molecule has 4 aromatic rings. The van der Waals surface area contributed by atoms with Gasteiger partial charge in [0.25, 0.3) is 0 Å². The van der Waals surface area contributed by atoms with E-state index in [1.807, 2.05) is 53.1 Å². The van der Waals surface area contributed by atoms with Crippen molar-refractivity contribution < 1.29 is 4.74 Å². The number of benzene rings is 2. The number of nitrogens with zero attached hydrogens (tertiary/aromatic N) is 4. The van der Waals surface area contributed by atoms with Crippen LogP contribution in [0.3, 0.4) is 0 Å². The number of rotatable bonds is 5. The van der Waals surface area contributed by atoms with E-state index in [-0.39, 0.29) is 0 Å². The van der Waals surface area contributed by atoms with Crippen LogP contribution in [0.5, 0.6) is 5.75 Å². The van der Waals surface area contributed by atoms with E-state index in [0.29, 0.717) is 10.9 Å². The van der Waals surface area contributed by atoms with Gasteiger partial charge in [-0.3, -0.25) is 4.57 Å². The van der Waals surface area contributed by atoms with Gasteiger partial charge in [0.1, 0.15) is 17.2 Å². The highest BCUT2D eigenvalue weighted by Crippen LogP contribution is 2.30. The Morgan fingerprint density at radius 1 is 1.12 bits per heavy atom. The molecule has 130 valence electrons. The zero-order valence-corrected chi connectivity index (χ0v) is 15.5. The number of aromatic nitrogens is 4. The van der Waals surface area contributed by atoms with Crippen LogP contribution < -0.4 is 4.74 Å². The van der Waals surface area contributed by atoms with Crippen molar-refractivity contribution >= 4 is 34.3 Å². The summed E-state index contributed by atoms with van der Waals surface area (Å²) in [5.41, 5.74) is 2.75. The second kappa shape index (κ2) is 7.35. The first-order chi connectivity index (χ1) is 12.8. The van der Waals surface area contributed by atoms with E-state index < -0.39 is 0 Å². The van der Waals surface area contributed by atoms with Crippen LogP contribution in [0.1, 0.15) is 5.56 Å². The minimum atomic E-state index is 0.513. The summed E-state index contributed by atoms with van der Waals surface area (Å²) in [6.45, 7) is 0. The maximum Gasteiger partial charge on any atom is 0.196 e. The standard InChI is InChI=1S/C19H15ClN4OS/c1-25-17-9-5-4-8-16(17)24-12-21-23-19(24)26-11-14-10-13-6-2-3-7-15(13)22-18(14)20/h2-10,12H,11H2,1H3. The third kappa shape index (κ3) is 3.25. The van der Waals surface area contributed by atoms with E-state index in [0.717, 1.165) is 33.1 Å². The van der Waals surface area contributed by atoms with Crippen molar-refractivity contribution in [1.29, 1.82) is 0 Å². The zero-order valence-electron chi connectivity index (χ0n) is 14.0. The Labute approximate surface area is 160 Å². The smallest absolute Gasteiger partial charge is 0.196 e. The fraction of sp³-hybridized carbons (Fsp3) is 0.105. The molecular weight excluding hydrogens is 368 g/mol. The molecule has 0 fully saturated rings. The number of thioether (sulfide) groups is 1. The van der Waals surface area contributed by atoms with Crippen LogP contribution in [0.25, 0.3) is 16.6 Å². The molecule has 0 N–H and O–H groups in total. The van der Waals surface area contributed by atoms with Crippen molar-refractivity contribution in [3.8, 4) is 11.4 Å². The molecule has 2 aromatic carbocycles. The highest BCUT2D eigenvalue weighted by Gasteiger charge is 2.13. The summed E-state index contributed by atoms with van der Waals surface area (Å²) in [6.07, 6.45) is 1.68. The lowest BCUT2D eigenvalue weighted by Gasteiger charge is -2.11. The minimum Gasteiger partial charge on any atom is -0.495 e. The Balaban J connectivity index is 1.62. The van der Waals surface area contributed by atoms with Crippen molar-refractivity contribution in [3.05, 3.63) is 71.6 Å². The lowest BCUT2D eigenvalue weighted by Crippen LogP contribution is -1.99. The summed E-state index contributed by atoms with van der Waals surface area (Å²) < 4.78 is 7.35. The van der Waals surface area contributed by atoms with Gasteiger partial charge in [-0.15, -0.1) is 10.2 Å². The van der Waals surface area contributed by atoms with Crippen LogP contribution in [-0.2, 0) is 5.75 Å². The highest BCUT2D eigenvalue weighted by molar-refractivity contribution is 7.98. The van der Waals surface area contributed by atoms with Gasteiger partial charge >= 0.3 is 0 Å². The van der Waals surface area contributed by atoms with E-state index >= 15 is 0 Å². The Bertz CT molecular complexity index is 1070. The molecule has 5 nitrogen and oxygen atoms in total. The molecule has 0 atom stereocenters. The number of para-hydroxylation sites is 3. The molecule has 0 spiro atoms. The largest absolute Gasteiger partial charge is 0.495 e. The van der Waals surface area contributed by atoms with Gasteiger partial charge in [-0.2, -0.15) is 0 Å². The van der Waals surface area contributed by atoms with E-state index in [2.05, 4.69) is 21.2 Å². The summed E-state index contributed by atoms with van der Waals surface area (Å²) in [5, 5.41) is 10.6. The topological polar surface area (TPSA) is 52.8 Å². The number of ether oxygens (including phenoxy) is 1. The monoisotopic (exact) mass is 382 g/mol. The van der Waals surface area contributed by atoms with Gasteiger partial charge in [0.05, 0.1) is 18.3 Å². The second-order valence-electron chi connectivity index (χ2n) is 5.58. The molecule has 0 aliphatic carbocycles. The molecule has 0 unspecified atom stereocenters. The summed E-state index contributed by atoms with van der Waals surface area (Å²) in [5.74, 6) is 1.41. The fourth-order valence-electron chi connectivity index (χ4n) is 2.70. The van der Waals surface area contributed by atoms with Gasteiger partial charge in [-0.05, 0) is 24.3 Å². The Hall–Kier alpha value is -2.57. The third-order valence-corrected chi connectivity index (χ3v) is 5.29. The lowest BCUT2D eigenvalue weighted by atomic mass is 10.2. The SMILES string of the molecule is COc1ccccc1-n1cnnc1SCc1cc2ccccc2nc1Cl. The molecule has 7 heteroatoms. The van der Waals surface area contributed by atoms with Gasteiger partial charge in [-0.25, -0.2) is 4.98 Å². The van der Waals surface area contributed by atoms with Crippen molar-refractivity contribution in [2.75, 3.05) is 7.11 Å². The summed E-state index contributed by atoms with van der Waals surface area (Å²) >= 11 is 7.91. The molecule has 0 aliphatic heterocycles. The maximum atomic E-state index is 6.36. The Kier molecular flexibility index (Phi) is 4.77. The van der Waals surface area contributed by atoms with Crippen molar-refractivity contribution in [2.24, 2.45) is 0 Å². The van der Waals surface area contributed by atoms with Crippen LogP contribution in [0.2, 0.25) is 5.15 Å². The van der Waals surface area contributed by atoms with Gasteiger partial charge in [0.15, 0.2) is 5.16 Å². The van der Waals surface area contributed by atoms with E-state index in [9.17, 15) is 0 Å². The van der Waals surface area contributed by atoms with E-state index in [1.165, 1.54) is 0 Å². The molecule has 0 aliphatic rings. The number of pyridine rings is 1. The Morgan fingerprint density at radius 3 is 2.81 bits per heavy atom. The maximum absolute atomic E-state index is 6.36. The van der Waals surface area contributed by atoms with Gasteiger partial charge in [0, 0.05) is 16.7 Å². The van der Waals surface area contributed by atoms with Gasteiger partial charge in [0.2, 0.25) is 0 Å². The molecule has 4 rings (SSSR count). The van der Waals surface area contributed by atoms with Crippen LogP contribution in [0.4, 0.5) is 0 Å². The van der Waals surface area contributed by atoms with Gasteiger partial charge < -0.3 is 4.74 Å². The first-order valence-electron chi connectivity index (χ1n) is 7.96. The van der Waals surface area contributed by atoms with Crippen LogP contribution in [0, 0.1) is 0 Å². The molecule has 0 saturated heterocycles. The molecule has 26 heavy (non-hydrogen) atoms. The molecule has 0 saturated carbocycles.